The fourth-order valence-electron chi connectivity index (χ4n) is 11.7. The SMILES string of the molecule is C#C[SiH](C)C.CCCS(=O)(=O)Cc1ccc(F)c(C(=O)O)c1F.CCCS(=O)(=O)Cc1ccc(F)c(C(=O)c2c[nH]c3ncc(-c4ccc(Cl)cc4)cc23)c1F.CCO/C=C/B1OC(C)(C)C(C)(C)O1.Cc1cc(-c2ccc(Cl)cc2)cnc1N.Clc1ccc(-c2cnc3[nH]ccc3c2)cc1.Nc1ccc(-c2ccc(Cl)cc2)cn1.Nc1ccc(Br)cn1.OB(O)c1ccc(Cl)cc1. The van der Waals surface area contributed by atoms with Crippen LogP contribution in [0.25, 0.3) is 66.6 Å². The molecule has 0 amide bonds. The molecule has 7 aromatic heterocycles. The van der Waals surface area contributed by atoms with E-state index < -0.39 is 93.2 Å². The maximum Gasteiger partial charge on any atom is 0.490 e. The van der Waals surface area contributed by atoms with Gasteiger partial charge in [0.2, 0.25) is 5.78 Å². The van der Waals surface area contributed by atoms with Crippen molar-refractivity contribution < 1.29 is 73.2 Å². The summed E-state index contributed by atoms with van der Waals surface area (Å²) in [5.74, 6) is -5.51. The lowest BCUT2D eigenvalue weighted by Crippen LogP contribution is -2.41. The number of nitrogens with two attached hydrogens (primary N) is 3. The molecule has 1 aliphatic heterocycles. The lowest BCUT2D eigenvalue weighted by molar-refractivity contribution is 0.00578. The van der Waals surface area contributed by atoms with Crippen LogP contribution >= 0.6 is 73.9 Å². The van der Waals surface area contributed by atoms with Gasteiger partial charge in [-0.15, -0.1) is 12.0 Å². The van der Waals surface area contributed by atoms with Crippen LogP contribution in [-0.4, -0.2) is 131 Å². The number of pyridine rings is 5. The summed E-state index contributed by atoms with van der Waals surface area (Å²) in [6.45, 7) is 20.3. The number of carboxylic acid groups (broad SMARTS) is 1. The maximum atomic E-state index is 15.2. The highest BCUT2D eigenvalue weighted by atomic mass is 79.9. The zero-order valence-electron chi connectivity index (χ0n) is 74.0. The number of nitrogens with one attached hydrogen (secondary N) is 2. The van der Waals surface area contributed by atoms with Gasteiger partial charge in [0.05, 0.1) is 52.6 Å². The van der Waals surface area contributed by atoms with E-state index in [9.17, 15) is 39.6 Å². The molecule has 14 aromatic rings. The van der Waals surface area contributed by atoms with Gasteiger partial charge in [0, 0.05) is 123 Å². The van der Waals surface area contributed by atoms with Crippen LogP contribution < -0.4 is 22.7 Å². The third kappa shape index (κ3) is 34.3. The minimum Gasteiger partial charge on any atom is -0.502 e. The number of aromatic nitrogens is 7. The number of nitrogens with zero attached hydrogens (tertiary/aromatic N) is 5. The number of H-pyrrole nitrogens is 2. The highest BCUT2D eigenvalue weighted by molar-refractivity contribution is 9.10. The Morgan fingerprint density at radius 1 is 0.556 bits per heavy atom. The Hall–Kier alpha value is -11.3. The molecule has 8 heterocycles. The third-order valence-electron chi connectivity index (χ3n) is 19.4. The van der Waals surface area contributed by atoms with Gasteiger partial charge in [-0.25, -0.2) is 64.1 Å². The number of carbonyl (C=O) groups is 2. The monoisotopic (exact) mass is 2030 g/mol. The van der Waals surface area contributed by atoms with Crippen LogP contribution in [0.5, 0.6) is 0 Å². The standard InChI is InChI=1S/C24H19ClF2N2O3S.C13H9ClN2.C12H11ClN2.C11H9ClN2.C11H12F2O4S.C10H19BO3.C6H6BClO2.C5H5BrN2.C4H8Si/c1-2-9-33(31,32)13-15-5-8-20(26)21(22(15)27)23(30)19-12-29-24-18(19)10-16(11-28-24)14-3-6-17(25)7-4-14;14-12-3-1-9(2-4-12)11-7-10-5-6-15-13(10)16-8-11;1-8-6-10(7-15-12(8)14)9-2-4-11(13)5-3-9;12-10-4-1-8(2-5-10)9-3-6-11(13)14-7-9;1-2-5-18(16,17)6-7-3-4-8(12)9(10(7)13)11(14)15;1-6-12-8-7-11-13-9(2,3)10(4,5)14-11;8-6-3-1-5(2-4-6)7(9)10;6-4-1-2-5(7)8-3-4;1-4-5(2)3/h3-8,10-12H,2,9,13H2,1H3,(H,28,29);1-8H,(H,15,16);2-7H,1H3,(H2,14,15);1-7H,(H2,13,14);3-4H,2,5-6H2,1H3,(H,14,15);7-8H,6H2,1-5H3;1-4,9-10H;1-3H,(H2,7,8);1,5H,2-3H3/b;;;;;8-7+;;;. The first kappa shape index (κ1) is 109. The lowest BCUT2D eigenvalue weighted by Gasteiger charge is -2.32. The van der Waals surface area contributed by atoms with Crippen molar-refractivity contribution >= 4 is 173 Å². The largest absolute Gasteiger partial charge is 0.502 e. The maximum absolute atomic E-state index is 15.2. The number of sulfone groups is 2. The first-order valence-electron chi connectivity index (χ1n) is 41.0. The van der Waals surface area contributed by atoms with Gasteiger partial charge in [-0.05, 0) is 231 Å². The molecule has 696 valence electrons. The lowest BCUT2D eigenvalue weighted by atomic mass is 9.81. The number of aromatic carboxylic acids is 1. The molecular formula is C96H98B2BrCl5F4N10O12S2Si. The highest BCUT2D eigenvalue weighted by Gasteiger charge is 2.50. The summed E-state index contributed by atoms with van der Waals surface area (Å²) >= 11 is 32.2. The number of carbonyl (C=O) groups excluding carboxylic acids is 1. The third-order valence-corrected chi connectivity index (χ3v) is 25.3. The van der Waals surface area contributed by atoms with Crippen molar-refractivity contribution in [2.45, 2.75) is 104 Å². The number of ether oxygens (including phenoxy) is 1. The van der Waals surface area contributed by atoms with E-state index in [0.29, 0.717) is 69.0 Å². The van der Waals surface area contributed by atoms with Crippen LogP contribution in [-0.2, 0) is 45.2 Å². The van der Waals surface area contributed by atoms with Gasteiger partial charge >= 0.3 is 20.2 Å². The van der Waals surface area contributed by atoms with Crippen LogP contribution in [0.15, 0.2) is 254 Å². The van der Waals surface area contributed by atoms with Gasteiger partial charge in [-0.3, -0.25) is 4.79 Å². The average molecular weight is 2030 g/mol. The fraction of sp³-hybridized carbons (Fsp3) is 0.198. The van der Waals surface area contributed by atoms with Crippen LogP contribution in [0.1, 0.15) is 104 Å². The van der Waals surface area contributed by atoms with Gasteiger partial charge in [0.1, 0.15) is 66.4 Å². The van der Waals surface area contributed by atoms with E-state index in [0.717, 1.165) is 99.3 Å². The van der Waals surface area contributed by atoms with E-state index in [4.69, 9.17) is 111 Å². The van der Waals surface area contributed by atoms with Crippen molar-refractivity contribution in [2.75, 3.05) is 35.3 Å². The average Bonchev–Trinajstić information content (AvgIpc) is 1.68. The predicted octanol–water partition coefficient (Wildman–Crippen LogP) is 22.1. The first-order chi connectivity index (χ1) is 62.9. The molecule has 0 spiro atoms. The van der Waals surface area contributed by atoms with Crippen LogP contribution in [0, 0.1) is 42.2 Å². The molecule has 1 saturated heterocycles. The summed E-state index contributed by atoms with van der Waals surface area (Å²) in [4.78, 5) is 50.4. The molecule has 1 aliphatic rings. The van der Waals surface area contributed by atoms with Crippen LogP contribution in [0.4, 0.5) is 35.0 Å². The predicted molar refractivity (Wildman–Crippen MR) is 537 cm³/mol. The molecular weight excluding hydrogens is 1930 g/mol. The number of halogens is 10. The van der Waals surface area contributed by atoms with Crippen molar-refractivity contribution in [2.24, 2.45) is 0 Å². The Kier molecular flexibility index (Phi) is 42.4. The molecule has 0 aliphatic carbocycles. The summed E-state index contributed by atoms with van der Waals surface area (Å²) in [7, 11) is -9.43. The molecule has 0 unspecified atom stereocenters. The van der Waals surface area contributed by atoms with Crippen molar-refractivity contribution in [3.05, 3.63) is 336 Å². The number of hydrogen-bond donors (Lipinski definition) is 8. The fourth-order valence-corrected chi connectivity index (χ4v) is 15.5. The summed E-state index contributed by atoms with van der Waals surface area (Å²) in [6.07, 6.45) is 19.2. The molecule has 0 saturated carbocycles. The van der Waals surface area contributed by atoms with Crippen LogP contribution in [0.2, 0.25) is 38.2 Å². The number of rotatable bonds is 19. The second kappa shape index (κ2) is 51.8. The van der Waals surface area contributed by atoms with Gasteiger partial charge in [0.15, 0.2) is 19.7 Å². The topological polar surface area (TPSA) is 365 Å². The van der Waals surface area contributed by atoms with Gasteiger partial charge in [-0.1, -0.05) is 158 Å². The second-order valence-electron chi connectivity index (χ2n) is 30.6. The number of benzene rings is 7. The van der Waals surface area contributed by atoms with Gasteiger partial charge in [-0.2, -0.15) is 0 Å². The Labute approximate surface area is 807 Å². The quantitative estimate of drug-likeness (QED) is 0.0123. The number of carboxylic acids is 1. The molecule has 0 atom stereocenters. The number of aromatic amines is 2. The Morgan fingerprint density at radius 3 is 1.38 bits per heavy atom. The van der Waals surface area contributed by atoms with E-state index in [1.54, 1.807) is 118 Å². The molecule has 37 heteroatoms. The summed E-state index contributed by atoms with van der Waals surface area (Å²) < 4.78 is 121. The molecule has 22 nitrogen and oxygen atoms in total. The molecule has 1 fully saturated rings. The highest BCUT2D eigenvalue weighted by Crippen LogP contribution is 2.38. The zero-order valence-corrected chi connectivity index (χ0v) is 82.2. The molecule has 0 bridgehead atoms. The van der Waals surface area contributed by atoms with E-state index in [1.807, 2.05) is 151 Å². The first-order valence-corrected chi connectivity index (χ1v) is 50.2. The minimum absolute atomic E-state index is 0.0275. The van der Waals surface area contributed by atoms with E-state index in [2.05, 4.69) is 75.5 Å². The number of aryl methyl sites for hydroxylation is 1. The van der Waals surface area contributed by atoms with Gasteiger partial charge < -0.3 is 56.4 Å². The van der Waals surface area contributed by atoms with E-state index >= 15 is 4.39 Å². The summed E-state index contributed by atoms with van der Waals surface area (Å²) in [5.41, 5.74) is 26.8. The Bertz CT molecular complexity index is 6430. The second-order valence-corrected chi connectivity index (χ2v) is 40.7. The molecule has 11 N–H and O–H groups in total. The number of ketones is 1. The van der Waals surface area contributed by atoms with Crippen molar-refractivity contribution in [1.29, 1.82) is 0 Å². The van der Waals surface area contributed by atoms with Crippen molar-refractivity contribution in [1.82, 2.24) is 34.9 Å². The Balaban J connectivity index is 0.000000213. The number of hydrogen-bond acceptors (Lipinski definition) is 19. The number of terminal acetylenes is 1. The molecule has 0 radical (unpaired) electrons. The summed E-state index contributed by atoms with van der Waals surface area (Å²) in [6, 6.07) is 55.2. The Morgan fingerprint density at radius 2 is 0.962 bits per heavy atom. The van der Waals surface area contributed by atoms with Crippen LogP contribution in [0.3, 0.4) is 0 Å². The minimum atomic E-state index is -3.59. The summed E-state index contributed by atoms with van der Waals surface area (Å²) in [5, 5.41) is 30.8. The van der Waals surface area contributed by atoms with E-state index in [1.165, 1.54) is 6.20 Å². The normalized spacial score (nSPS) is 12.1. The number of nitrogen functional groups attached to an aromatic ring is 3. The smallest absolute Gasteiger partial charge is 0.490 e. The number of anilines is 3. The molecule has 133 heavy (non-hydrogen) atoms. The molecule has 15 rings (SSSR count). The number of fused-ring (bicyclic) bond motifs is 2. The van der Waals surface area contributed by atoms with Gasteiger partial charge in [0.25, 0.3) is 0 Å². The van der Waals surface area contributed by atoms with Crippen molar-refractivity contribution in [3.8, 4) is 56.5 Å². The zero-order chi connectivity index (χ0) is 98.1. The molecule has 7 aromatic carbocycles. The van der Waals surface area contributed by atoms with Crippen molar-refractivity contribution in [3.63, 3.8) is 0 Å². The van der Waals surface area contributed by atoms with E-state index in [-0.39, 0.29) is 46.5 Å².